The second-order valence-corrected chi connectivity index (χ2v) is 10.1. The number of rotatable bonds is 6. The predicted octanol–water partition coefficient (Wildman–Crippen LogP) is 7.35. The molecule has 5 aromatic rings. The van der Waals surface area contributed by atoms with Gasteiger partial charge in [-0.3, -0.25) is 4.79 Å². The number of thiophene rings is 1. The fourth-order valence-electron chi connectivity index (χ4n) is 3.49. The molecule has 0 aliphatic rings. The molecule has 8 heteroatoms. The third kappa shape index (κ3) is 4.13. The molecular formula is C25H18BrN3O2S2. The van der Waals surface area contributed by atoms with Gasteiger partial charge in [-0.25, -0.2) is 4.98 Å². The third-order valence-corrected chi connectivity index (χ3v) is 7.97. The van der Waals surface area contributed by atoms with E-state index >= 15 is 0 Å². The third-order valence-electron chi connectivity index (χ3n) is 5.11. The van der Waals surface area contributed by atoms with E-state index in [-0.39, 0.29) is 5.78 Å². The lowest BCUT2D eigenvalue weighted by atomic mass is 10.1. The zero-order valence-electron chi connectivity index (χ0n) is 17.5. The Labute approximate surface area is 207 Å². The predicted molar refractivity (Wildman–Crippen MR) is 141 cm³/mol. The standard InChI is InChI=1S/C25H18BrN3O2S2/c1-31-15-8-6-7-14(13-15)28-24-20(25-29-18-11-4-5-12-19(18)32-25)21(27)23(33-24)22(30)16-9-2-3-10-17(16)26/h2-13,28H,27H2,1H3. The Morgan fingerprint density at radius 3 is 2.61 bits per heavy atom. The molecule has 0 aliphatic heterocycles. The Hall–Kier alpha value is -3.20. The van der Waals surface area contributed by atoms with Gasteiger partial charge < -0.3 is 15.8 Å². The number of carbonyl (C=O) groups is 1. The first kappa shape index (κ1) is 21.6. The number of hydrogen-bond donors (Lipinski definition) is 2. The minimum Gasteiger partial charge on any atom is -0.497 e. The Morgan fingerprint density at radius 2 is 1.82 bits per heavy atom. The lowest BCUT2D eigenvalue weighted by molar-refractivity contribution is 0.104. The zero-order valence-corrected chi connectivity index (χ0v) is 20.7. The first-order valence-corrected chi connectivity index (χ1v) is 12.5. The monoisotopic (exact) mass is 535 g/mol. The molecule has 3 aromatic carbocycles. The maximum Gasteiger partial charge on any atom is 0.206 e. The van der Waals surface area contributed by atoms with Crippen LogP contribution in [-0.4, -0.2) is 17.9 Å². The van der Waals surface area contributed by atoms with E-state index in [0.717, 1.165) is 41.7 Å². The van der Waals surface area contributed by atoms with Crippen molar-refractivity contribution in [3.63, 3.8) is 0 Å². The highest BCUT2D eigenvalue weighted by atomic mass is 79.9. The van der Waals surface area contributed by atoms with Crippen LogP contribution in [0.4, 0.5) is 16.4 Å². The molecule has 0 fully saturated rings. The van der Waals surface area contributed by atoms with Crippen LogP contribution in [0, 0.1) is 0 Å². The topological polar surface area (TPSA) is 77.2 Å². The number of nitrogens with zero attached hydrogens (tertiary/aromatic N) is 1. The summed E-state index contributed by atoms with van der Waals surface area (Å²) in [4.78, 5) is 18.7. The second-order valence-electron chi connectivity index (χ2n) is 7.20. The number of ether oxygens (including phenoxy) is 1. The van der Waals surface area contributed by atoms with Gasteiger partial charge in [-0.05, 0) is 36.4 Å². The molecule has 0 aliphatic carbocycles. The van der Waals surface area contributed by atoms with E-state index in [2.05, 4.69) is 21.2 Å². The molecule has 0 bridgehead atoms. The molecule has 0 saturated carbocycles. The summed E-state index contributed by atoms with van der Waals surface area (Å²) in [5.74, 6) is 0.599. The van der Waals surface area contributed by atoms with Gasteiger partial charge in [-0.2, -0.15) is 0 Å². The summed E-state index contributed by atoms with van der Waals surface area (Å²) >= 11 is 6.37. The molecule has 2 aromatic heterocycles. The minimum atomic E-state index is -0.133. The van der Waals surface area contributed by atoms with Crippen LogP contribution in [0.25, 0.3) is 20.8 Å². The first-order chi connectivity index (χ1) is 16.0. The Morgan fingerprint density at radius 1 is 1.03 bits per heavy atom. The number of anilines is 3. The number of thiazole rings is 1. The molecule has 0 amide bonds. The van der Waals surface area contributed by atoms with Gasteiger partial charge in [-0.15, -0.1) is 22.7 Å². The number of ketones is 1. The number of fused-ring (bicyclic) bond motifs is 1. The molecule has 0 saturated heterocycles. The molecule has 164 valence electrons. The normalized spacial score (nSPS) is 11.0. The summed E-state index contributed by atoms with van der Waals surface area (Å²) in [5.41, 5.74) is 10.1. The van der Waals surface area contributed by atoms with Crippen LogP contribution in [0.3, 0.4) is 0 Å². The molecule has 5 nitrogen and oxygen atoms in total. The van der Waals surface area contributed by atoms with Crippen LogP contribution in [0.2, 0.25) is 0 Å². The van der Waals surface area contributed by atoms with E-state index in [9.17, 15) is 4.79 Å². The molecule has 0 radical (unpaired) electrons. The van der Waals surface area contributed by atoms with E-state index in [1.165, 1.54) is 11.3 Å². The number of nitrogens with two attached hydrogens (primary N) is 1. The fourth-order valence-corrected chi connectivity index (χ4v) is 6.15. The summed E-state index contributed by atoms with van der Waals surface area (Å²) in [7, 11) is 1.63. The van der Waals surface area contributed by atoms with Gasteiger partial charge in [0.05, 0.1) is 28.6 Å². The van der Waals surface area contributed by atoms with Gasteiger partial charge >= 0.3 is 0 Å². The maximum atomic E-state index is 13.4. The van der Waals surface area contributed by atoms with Crippen LogP contribution in [-0.2, 0) is 0 Å². The number of nitrogens with one attached hydrogen (secondary N) is 1. The number of benzene rings is 3. The molecule has 2 heterocycles. The van der Waals surface area contributed by atoms with Crippen molar-refractivity contribution in [3.05, 3.63) is 87.7 Å². The van der Waals surface area contributed by atoms with E-state index in [1.807, 2.05) is 66.7 Å². The van der Waals surface area contributed by atoms with Crippen molar-refractivity contribution in [2.24, 2.45) is 0 Å². The number of methoxy groups -OCH3 is 1. The lowest BCUT2D eigenvalue weighted by Gasteiger charge is -2.08. The van der Waals surface area contributed by atoms with Gasteiger partial charge in [0.1, 0.15) is 20.6 Å². The number of carbonyl (C=O) groups excluding carboxylic acids is 1. The van der Waals surface area contributed by atoms with Gasteiger partial charge in [0.2, 0.25) is 5.78 Å². The van der Waals surface area contributed by atoms with Crippen LogP contribution in [0.15, 0.2) is 77.3 Å². The minimum absolute atomic E-state index is 0.133. The first-order valence-electron chi connectivity index (χ1n) is 10.0. The van der Waals surface area contributed by atoms with Crippen molar-refractivity contribution < 1.29 is 9.53 Å². The van der Waals surface area contributed by atoms with Gasteiger partial charge in [-0.1, -0.05) is 46.3 Å². The fraction of sp³-hybridized carbons (Fsp3) is 0.0400. The van der Waals surface area contributed by atoms with Crippen LogP contribution in [0.1, 0.15) is 15.2 Å². The maximum absolute atomic E-state index is 13.4. The zero-order chi connectivity index (χ0) is 22.9. The Balaban J connectivity index is 1.66. The van der Waals surface area contributed by atoms with Gasteiger partial charge in [0, 0.05) is 21.8 Å². The van der Waals surface area contributed by atoms with Crippen LogP contribution in [0.5, 0.6) is 5.75 Å². The van der Waals surface area contributed by atoms with Gasteiger partial charge in [0.15, 0.2) is 0 Å². The molecular weight excluding hydrogens is 518 g/mol. The highest BCUT2D eigenvalue weighted by Gasteiger charge is 2.26. The van der Waals surface area contributed by atoms with Crippen molar-refractivity contribution >= 4 is 71.0 Å². The Bertz CT molecular complexity index is 1460. The number of aromatic nitrogens is 1. The van der Waals surface area contributed by atoms with Crippen molar-refractivity contribution in [2.75, 3.05) is 18.2 Å². The highest BCUT2D eigenvalue weighted by Crippen LogP contribution is 2.47. The lowest BCUT2D eigenvalue weighted by Crippen LogP contribution is -2.03. The molecule has 0 spiro atoms. The van der Waals surface area contributed by atoms with E-state index in [1.54, 1.807) is 24.5 Å². The molecule has 33 heavy (non-hydrogen) atoms. The smallest absolute Gasteiger partial charge is 0.206 e. The summed E-state index contributed by atoms with van der Waals surface area (Å²) in [6, 6.07) is 22.9. The van der Waals surface area contributed by atoms with Crippen molar-refractivity contribution in [3.8, 4) is 16.3 Å². The van der Waals surface area contributed by atoms with E-state index in [0.29, 0.717) is 16.1 Å². The number of para-hydroxylation sites is 1. The average molecular weight is 536 g/mol. The molecule has 3 N–H and O–H groups in total. The number of hydrogen-bond acceptors (Lipinski definition) is 7. The number of nitrogen functional groups attached to an aromatic ring is 1. The summed E-state index contributed by atoms with van der Waals surface area (Å²) in [5, 5.41) is 4.96. The molecule has 0 unspecified atom stereocenters. The second kappa shape index (κ2) is 8.97. The average Bonchev–Trinajstić information content (AvgIpc) is 3.39. The molecule has 5 rings (SSSR count). The summed E-state index contributed by atoms with van der Waals surface area (Å²) < 4.78 is 7.14. The van der Waals surface area contributed by atoms with Crippen LogP contribution < -0.4 is 15.8 Å². The Kier molecular flexibility index (Phi) is 5.88. The van der Waals surface area contributed by atoms with E-state index in [4.69, 9.17) is 15.5 Å². The SMILES string of the molecule is COc1cccc(Nc2sc(C(=O)c3ccccc3Br)c(N)c2-c2nc3ccccc3s2)c1. The molecule has 0 atom stereocenters. The quantitative estimate of drug-likeness (QED) is 0.222. The van der Waals surface area contributed by atoms with Crippen molar-refractivity contribution in [1.82, 2.24) is 4.98 Å². The van der Waals surface area contributed by atoms with Crippen molar-refractivity contribution in [1.29, 1.82) is 0 Å². The van der Waals surface area contributed by atoms with Gasteiger partial charge in [0.25, 0.3) is 0 Å². The largest absolute Gasteiger partial charge is 0.497 e. The highest BCUT2D eigenvalue weighted by molar-refractivity contribution is 9.10. The van der Waals surface area contributed by atoms with E-state index < -0.39 is 0 Å². The van der Waals surface area contributed by atoms with Crippen molar-refractivity contribution in [2.45, 2.75) is 0 Å². The summed E-state index contributed by atoms with van der Waals surface area (Å²) in [6.45, 7) is 0. The summed E-state index contributed by atoms with van der Waals surface area (Å²) in [6.07, 6.45) is 0. The van der Waals surface area contributed by atoms with Crippen LogP contribution >= 0.6 is 38.6 Å². The number of halogens is 1.